The van der Waals surface area contributed by atoms with Crippen LogP contribution in [-0.2, 0) is 0 Å². The summed E-state index contributed by atoms with van der Waals surface area (Å²) in [4.78, 5) is 4.73. The van der Waals surface area contributed by atoms with Crippen LogP contribution in [0.15, 0.2) is 40.9 Å². The second kappa shape index (κ2) is 5.11. The van der Waals surface area contributed by atoms with E-state index in [0.717, 1.165) is 27.9 Å². The molecule has 0 fully saturated rings. The smallest absolute Gasteiger partial charge is 0.138 e. The molecule has 0 saturated carbocycles. The van der Waals surface area contributed by atoms with E-state index in [1.165, 1.54) is 6.07 Å². The van der Waals surface area contributed by atoms with E-state index in [0.29, 0.717) is 15.5 Å². The highest BCUT2D eigenvalue weighted by Gasteiger charge is 2.17. The van der Waals surface area contributed by atoms with Gasteiger partial charge in [-0.1, -0.05) is 30.3 Å². The molecule has 2 N–H and O–H groups in total. The number of nitrogen functional groups attached to an aromatic ring is 1. The Kier molecular flexibility index (Phi) is 3.41. The van der Waals surface area contributed by atoms with Crippen molar-refractivity contribution in [3.05, 3.63) is 57.8 Å². The maximum absolute atomic E-state index is 13.9. The summed E-state index contributed by atoms with van der Waals surface area (Å²) in [6.45, 7) is 3.76. The molecular formula is C17H14BrFN2. The first kappa shape index (κ1) is 14.0. The minimum absolute atomic E-state index is 0.319. The van der Waals surface area contributed by atoms with Crippen molar-refractivity contribution >= 4 is 32.5 Å². The number of anilines is 1. The Bertz CT molecular complexity index is 845. The fourth-order valence-corrected chi connectivity index (χ4v) is 3.04. The Hall–Kier alpha value is -1.94. The van der Waals surface area contributed by atoms with E-state index >= 15 is 0 Å². The molecule has 0 aliphatic heterocycles. The second-order valence-corrected chi connectivity index (χ2v) is 5.87. The maximum atomic E-state index is 13.9. The highest BCUT2D eigenvalue weighted by Crippen LogP contribution is 2.37. The maximum Gasteiger partial charge on any atom is 0.138 e. The van der Waals surface area contributed by atoms with Crippen LogP contribution in [0.2, 0.25) is 0 Å². The van der Waals surface area contributed by atoms with Gasteiger partial charge < -0.3 is 5.73 Å². The van der Waals surface area contributed by atoms with Crippen LogP contribution in [0.25, 0.3) is 22.2 Å². The van der Waals surface area contributed by atoms with E-state index < -0.39 is 0 Å². The number of benzene rings is 2. The number of hydrogen-bond acceptors (Lipinski definition) is 2. The Morgan fingerprint density at radius 2 is 1.81 bits per heavy atom. The quantitative estimate of drug-likeness (QED) is 0.674. The largest absolute Gasteiger partial charge is 0.398 e. The van der Waals surface area contributed by atoms with Gasteiger partial charge in [-0.25, -0.2) is 9.37 Å². The molecule has 0 atom stereocenters. The van der Waals surface area contributed by atoms with E-state index in [-0.39, 0.29) is 5.82 Å². The molecule has 0 radical (unpaired) electrons. The normalized spacial score (nSPS) is 11.0. The molecule has 0 unspecified atom stereocenters. The summed E-state index contributed by atoms with van der Waals surface area (Å²) in [6, 6.07) is 11.3. The summed E-state index contributed by atoms with van der Waals surface area (Å²) in [5, 5.41) is 0.643. The predicted octanol–water partition coefficient (Wildman–Crippen LogP) is 5.00. The minimum Gasteiger partial charge on any atom is -0.398 e. The van der Waals surface area contributed by atoms with Crippen molar-refractivity contribution < 1.29 is 4.39 Å². The first-order chi connectivity index (χ1) is 10.0. The fourth-order valence-electron chi connectivity index (χ4n) is 2.52. The van der Waals surface area contributed by atoms with E-state index in [1.807, 2.05) is 44.2 Å². The molecule has 1 heterocycles. The minimum atomic E-state index is -0.319. The van der Waals surface area contributed by atoms with Gasteiger partial charge in [-0.2, -0.15) is 0 Å². The Morgan fingerprint density at radius 1 is 1.14 bits per heavy atom. The molecule has 2 nitrogen and oxygen atoms in total. The number of fused-ring (bicyclic) bond motifs is 1. The van der Waals surface area contributed by atoms with Crippen LogP contribution in [0.1, 0.15) is 11.1 Å². The van der Waals surface area contributed by atoms with Crippen molar-refractivity contribution in [1.82, 2.24) is 4.98 Å². The van der Waals surface area contributed by atoms with E-state index in [9.17, 15) is 4.39 Å². The number of halogens is 2. The Morgan fingerprint density at radius 3 is 2.48 bits per heavy atom. The summed E-state index contributed by atoms with van der Waals surface area (Å²) in [7, 11) is 0. The number of nitrogens with two attached hydrogens (primary N) is 1. The van der Waals surface area contributed by atoms with Gasteiger partial charge in [-0.15, -0.1) is 0 Å². The molecule has 2 aromatic carbocycles. The van der Waals surface area contributed by atoms with Gasteiger partial charge in [-0.05, 0) is 47.0 Å². The lowest BCUT2D eigenvalue weighted by molar-refractivity contribution is 0.622. The van der Waals surface area contributed by atoms with Crippen molar-refractivity contribution in [3.8, 4) is 11.3 Å². The monoisotopic (exact) mass is 344 g/mol. The number of rotatable bonds is 1. The lowest BCUT2D eigenvalue weighted by Crippen LogP contribution is -2.01. The van der Waals surface area contributed by atoms with Gasteiger partial charge in [0.25, 0.3) is 0 Å². The Labute approximate surface area is 130 Å². The van der Waals surface area contributed by atoms with Crippen molar-refractivity contribution in [2.75, 3.05) is 5.73 Å². The number of aromatic nitrogens is 1. The number of pyridine rings is 1. The molecule has 0 aliphatic carbocycles. The molecule has 0 saturated heterocycles. The first-order valence-electron chi connectivity index (χ1n) is 6.60. The van der Waals surface area contributed by atoms with Gasteiger partial charge in [0, 0.05) is 16.6 Å². The highest BCUT2D eigenvalue weighted by atomic mass is 79.9. The third kappa shape index (κ3) is 2.20. The van der Waals surface area contributed by atoms with E-state index in [1.54, 1.807) is 0 Å². The van der Waals surface area contributed by atoms with Crippen molar-refractivity contribution in [2.45, 2.75) is 13.8 Å². The topological polar surface area (TPSA) is 38.9 Å². The molecule has 0 spiro atoms. The van der Waals surface area contributed by atoms with Gasteiger partial charge in [-0.3, -0.25) is 0 Å². The van der Waals surface area contributed by atoms with Crippen LogP contribution in [0.3, 0.4) is 0 Å². The Balaban J connectivity index is 2.44. The number of nitrogens with zero attached hydrogens (tertiary/aromatic N) is 1. The second-order valence-electron chi connectivity index (χ2n) is 5.08. The molecule has 0 amide bonds. The van der Waals surface area contributed by atoms with Gasteiger partial charge in [0.2, 0.25) is 0 Å². The summed E-state index contributed by atoms with van der Waals surface area (Å²) in [5.41, 5.74) is 11.0. The zero-order chi connectivity index (χ0) is 15.1. The van der Waals surface area contributed by atoms with Crippen LogP contribution >= 0.6 is 15.9 Å². The SMILES string of the molecule is Cc1c(-c2ccccc2)nc2c(C)cc(F)c(Br)c2c1N. The number of hydrogen-bond donors (Lipinski definition) is 1. The van der Waals surface area contributed by atoms with E-state index in [2.05, 4.69) is 15.9 Å². The third-order valence-corrected chi connectivity index (χ3v) is 4.46. The van der Waals surface area contributed by atoms with Crippen LogP contribution in [0, 0.1) is 19.7 Å². The average Bonchev–Trinajstić information content (AvgIpc) is 2.48. The summed E-state index contributed by atoms with van der Waals surface area (Å²) < 4.78 is 14.3. The van der Waals surface area contributed by atoms with Gasteiger partial charge in [0.15, 0.2) is 0 Å². The first-order valence-corrected chi connectivity index (χ1v) is 7.39. The molecule has 0 bridgehead atoms. The van der Waals surface area contributed by atoms with Crippen LogP contribution in [0.4, 0.5) is 10.1 Å². The number of aryl methyl sites for hydroxylation is 1. The van der Waals surface area contributed by atoms with Gasteiger partial charge in [0.05, 0.1) is 15.7 Å². The molecular weight excluding hydrogens is 331 g/mol. The van der Waals surface area contributed by atoms with Crippen molar-refractivity contribution in [2.24, 2.45) is 0 Å². The lowest BCUT2D eigenvalue weighted by atomic mass is 10.0. The highest BCUT2D eigenvalue weighted by molar-refractivity contribution is 9.10. The van der Waals surface area contributed by atoms with Crippen molar-refractivity contribution in [1.29, 1.82) is 0 Å². The molecule has 3 aromatic rings. The molecule has 106 valence electrons. The summed E-state index contributed by atoms with van der Waals surface area (Å²) in [5.74, 6) is -0.319. The fraction of sp³-hybridized carbons (Fsp3) is 0.118. The molecule has 4 heteroatoms. The molecule has 1 aromatic heterocycles. The van der Waals surface area contributed by atoms with Crippen LogP contribution in [-0.4, -0.2) is 4.98 Å². The third-order valence-electron chi connectivity index (χ3n) is 3.68. The van der Waals surface area contributed by atoms with Crippen LogP contribution in [0.5, 0.6) is 0 Å². The molecule has 21 heavy (non-hydrogen) atoms. The van der Waals surface area contributed by atoms with Gasteiger partial charge >= 0.3 is 0 Å². The zero-order valence-corrected chi connectivity index (χ0v) is 13.3. The molecule has 3 rings (SSSR count). The summed E-state index contributed by atoms with van der Waals surface area (Å²) >= 11 is 3.29. The summed E-state index contributed by atoms with van der Waals surface area (Å²) in [6.07, 6.45) is 0. The van der Waals surface area contributed by atoms with Crippen LogP contribution < -0.4 is 5.73 Å². The average molecular weight is 345 g/mol. The predicted molar refractivity (Wildman–Crippen MR) is 88.7 cm³/mol. The lowest BCUT2D eigenvalue weighted by Gasteiger charge is -2.14. The van der Waals surface area contributed by atoms with Gasteiger partial charge in [0.1, 0.15) is 5.82 Å². The zero-order valence-electron chi connectivity index (χ0n) is 11.7. The van der Waals surface area contributed by atoms with E-state index in [4.69, 9.17) is 10.7 Å². The standard InChI is InChI=1S/C17H14BrFN2/c1-9-8-12(19)14(18)13-15(20)10(2)17(21-16(9)13)11-6-4-3-5-7-11/h3-8H,1-2H3,(H2,20,21). The molecule has 0 aliphatic rings. The van der Waals surface area contributed by atoms with Crippen molar-refractivity contribution in [3.63, 3.8) is 0 Å².